The Labute approximate surface area is 79.2 Å². The van der Waals surface area contributed by atoms with Crippen molar-refractivity contribution in [2.75, 3.05) is 0 Å². The summed E-state index contributed by atoms with van der Waals surface area (Å²) in [7, 11) is 0. The summed E-state index contributed by atoms with van der Waals surface area (Å²) in [5.74, 6) is -2.81. The van der Waals surface area contributed by atoms with E-state index in [0.29, 0.717) is 10.9 Å². The summed E-state index contributed by atoms with van der Waals surface area (Å²) in [6.07, 6.45) is 1.27. The number of rotatable bonds is 1. The van der Waals surface area contributed by atoms with Crippen molar-refractivity contribution < 1.29 is 13.9 Å². The third-order valence-corrected chi connectivity index (χ3v) is 2.14. The average molecular weight is 197 g/mol. The zero-order chi connectivity index (χ0) is 10.3. The van der Waals surface area contributed by atoms with E-state index in [2.05, 4.69) is 4.98 Å². The molecule has 14 heavy (non-hydrogen) atoms. The average Bonchev–Trinajstić information content (AvgIpc) is 2.45. The molecular weight excluding hydrogens is 188 g/mol. The van der Waals surface area contributed by atoms with Gasteiger partial charge in [0.2, 0.25) is 0 Å². The number of benzene rings is 1. The predicted octanol–water partition coefficient (Wildman–Crippen LogP) is 2.99. The lowest BCUT2D eigenvalue weighted by atomic mass is 10.1. The Hall–Kier alpha value is -1.58. The third kappa shape index (κ3) is 1.32. The summed E-state index contributed by atoms with van der Waals surface area (Å²) in [5.41, 5.74) is 0.467. The predicted molar refractivity (Wildman–Crippen MR) is 49.5 cm³/mol. The molecule has 2 nitrogen and oxygen atoms in total. The standard InChI is InChI=1S/C10H9F2NO/c1-10(11,12)8-5-13-9-4-6(14)2-3-7(8)9/h2-5,13-14H,1H3. The van der Waals surface area contributed by atoms with Gasteiger partial charge in [-0.2, -0.15) is 0 Å². The normalized spacial score (nSPS) is 12.2. The third-order valence-electron chi connectivity index (χ3n) is 2.14. The van der Waals surface area contributed by atoms with E-state index < -0.39 is 5.92 Å². The maximum atomic E-state index is 13.0. The summed E-state index contributed by atoms with van der Waals surface area (Å²) in [6, 6.07) is 4.30. The minimum absolute atomic E-state index is 0.0486. The minimum Gasteiger partial charge on any atom is -0.508 e. The molecule has 0 unspecified atom stereocenters. The first-order valence-electron chi connectivity index (χ1n) is 4.17. The van der Waals surface area contributed by atoms with Crippen LogP contribution >= 0.6 is 0 Å². The number of aromatic hydroxyl groups is 1. The van der Waals surface area contributed by atoms with Crippen molar-refractivity contribution in [1.29, 1.82) is 0 Å². The van der Waals surface area contributed by atoms with Crippen molar-refractivity contribution in [3.05, 3.63) is 30.0 Å². The summed E-state index contributed by atoms with van der Waals surface area (Å²) >= 11 is 0. The van der Waals surface area contributed by atoms with Gasteiger partial charge in [0, 0.05) is 35.7 Å². The molecule has 0 bridgehead atoms. The Morgan fingerprint density at radius 3 is 2.71 bits per heavy atom. The second-order valence-corrected chi connectivity index (χ2v) is 3.32. The molecule has 0 radical (unpaired) electrons. The first kappa shape index (κ1) is 8.99. The van der Waals surface area contributed by atoms with E-state index in [1.807, 2.05) is 0 Å². The minimum atomic E-state index is -2.87. The quantitative estimate of drug-likeness (QED) is 0.724. The maximum absolute atomic E-state index is 13.0. The van der Waals surface area contributed by atoms with Crippen LogP contribution in [0.25, 0.3) is 10.9 Å². The van der Waals surface area contributed by atoms with Crippen LogP contribution in [0.4, 0.5) is 8.78 Å². The first-order chi connectivity index (χ1) is 6.48. The van der Waals surface area contributed by atoms with Crippen LogP contribution in [-0.2, 0) is 5.92 Å². The number of alkyl halides is 2. The number of hydrogen-bond acceptors (Lipinski definition) is 1. The second kappa shape index (κ2) is 2.70. The number of halogens is 2. The molecule has 0 saturated carbocycles. The highest BCUT2D eigenvalue weighted by Crippen LogP contribution is 2.33. The lowest BCUT2D eigenvalue weighted by Crippen LogP contribution is -2.05. The van der Waals surface area contributed by atoms with E-state index in [1.165, 1.54) is 24.4 Å². The van der Waals surface area contributed by atoms with E-state index in [-0.39, 0.29) is 11.3 Å². The Balaban J connectivity index is 2.70. The van der Waals surface area contributed by atoms with Gasteiger partial charge in [-0.15, -0.1) is 0 Å². The van der Waals surface area contributed by atoms with E-state index in [1.54, 1.807) is 0 Å². The van der Waals surface area contributed by atoms with E-state index in [0.717, 1.165) is 6.92 Å². The molecule has 1 heterocycles. The van der Waals surface area contributed by atoms with Crippen LogP contribution in [0, 0.1) is 0 Å². The zero-order valence-electron chi connectivity index (χ0n) is 7.51. The first-order valence-corrected chi connectivity index (χ1v) is 4.17. The van der Waals surface area contributed by atoms with Crippen molar-refractivity contribution in [2.24, 2.45) is 0 Å². The molecule has 0 fully saturated rings. The molecule has 1 aromatic heterocycles. The van der Waals surface area contributed by atoms with E-state index >= 15 is 0 Å². The number of phenolic OH excluding ortho intramolecular Hbond substituents is 1. The van der Waals surface area contributed by atoms with Crippen molar-refractivity contribution in [3.8, 4) is 5.75 Å². The van der Waals surface area contributed by atoms with Gasteiger partial charge in [0.15, 0.2) is 0 Å². The Morgan fingerprint density at radius 2 is 2.07 bits per heavy atom. The van der Waals surface area contributed by atoms with Gasteiger partial charge in [0.05, 0.1) is 0 Å². The second-order valence-electron chi connectivity index (χ2n) is 3.32. The van der Waals surface area contributed by atoms with Gasteiger partial charge in [0.25, 0.3) is 5.92 Å². The number of aromatic nitrogens is 1. The highest BCUT2D eigenvalue weighted by molar-refractivity contribution is 5.85. The molecular formula is C10H9F2NO. The van der Waals surface area contributed by atoms with Crippen LogP contribution in [0.2, 0.25) is 0 Å². The number of nitrogens with one attached hydrogen (secondary N) is 1. The van der Waals surface area contributed by atoms with Gasteiger partial charge in [-0.05, 0) is 12.1 Å². The molecule has 2 N–H and O–H groups in total. The molecule has 2 aromatic rings. The van der Waals surface area contributed by atoms with Crippen LogP contribution in [0.1, 0.15) is 12.5 Å². The van der Waals surface area contributed by atoms with Crippen LogP contribution in [0.5, 0.6) is 5.75 Å². The number of hydrogen-bond donors (Lipinski definition) is 2. The molecule has 1 aromatic carbocycles. The molecule has 0 amide bonds. The highest BCUT2D eigenvalue weighted by Gasteiger charge is 2.27. The Kier molecular flexibility index (Phi) is 1.74. The molecule has 0 saturated heterocycles. The number of aromatic amines is 1. The molecule has 4 heteroatoms. The summed E-state index contributed by atoms with van der Waals surface area (Å²) in [6.45, 7) is 0.850. The van der Waals surface area contributed by atoms with Crippen LogP contribution in [-0.4, -0.2) is 10.1 Å². The van der Waals surface area contributed by atoms with Gasteiger partial charge in [-0.3, -0.25) is 0 Å². The molecule has 74 valence electrons. The number of phenols is 1. The van der Waals surface area contributed by atoms with Crippen LogP contribution in [0.15, 0.2) is 24.4 Å². The van der Waals surface area contributed by atoms with Gasteiger partial charge >= 0.3 is 0 Å². The van der Waals surface area contributed by atoms with E-state index in [9.17, 15) is 8.78 Å². The fraction of sp³-hybridized carbons (Fsp3) is 0.200. The molecule has 0 aliphatic carbocycles. The Morgan fingerprint density at radius 1 is 1.36 bits per heavy atom. The fourth-order valence-electron chi connectivity index (χ4n) is 1.48. The number of fused-ring (bicyclic) bond motifs is 1. The van der Waals surface area contributed by atoms with Crippen LogP contribution < -0.4 is 0 Å². The van der Waals surface area contributed by atoms with Crippen molar-refractivity contribution >= 4 is 10.9 Å². The fourth-order valence-corrected chi connectivity index (χ4v) is 1.48. The smallest absolute Gasteiger partial charge is 0.272 e. The van der Waals surface area contributed by atoms with Crippen molar-refractivity contribution in [2.45, 2.75) is 12.8 Å². The summed E-state index contributed by atoms with van der Waals surface area (Å²) in [4.78, 5) is 2.70. The lowest BCUT2D eigenvalue weighted by Gasteiger charge is -2.07. The molecule has 0 atom stereocenters. The van der Waals surface area contributed by atoms with Gasteiger partial charge in [-0.1, -0.05) is 0 Å². The van der Waals surface area contributed by atoms with Gasteiger partial charge in [-0.25, -0.2) is 8.78 Å². The molecule has 2 rings (SSSR count). The van der Waals surface area contributed by atoms with E-state index in [4.69, 9.17) is 5.11 Å². The van der Waals surface area contributed by atoms with Crippen molar-refractivity contribution in [1.82, 2.24) is 4.98 Å². The SMILES string of the molecule is CC(F)(F)c1c[nH]c2cc(O)ccc12. The largest absolute Gasteiger partial charge is 0.508 e. The molecule has 0 aliphatic heterocycles. The maximum Gasteiger partial charge on any atom is 0.272 e. The van der Waals surface area contributed by atoms with Crippen molar-refractivity contribution in [3.63, 3.8) is 0 Å². The summed E-state index contributed by atoms with van der Waals surface area (Å²) in [5, 5.41) is 9.57. The Bertz CT molecular complexity index is 470. The highest BCUT2D eigenvalue weighted by atomic mass is 19.3. The number of H-pyrrole nitrogens is 1. The molecule has 0 spiro atoms. The van der Waals surface area contributed by atoms with Gasteiger partial charge in [0.1, 0.15) is 5.75 Å². The summed E-state index contributed by atoms with van der Waals surface area (Å²) < 4.78 is 26.1. The molecule has 0 aliphatic rings. The van der Waals surface area contributed by atoms with Gasteiger partial charge < -0.3 is 10.1 Å². The van der Waals surface area contributed by atoms with Crippen LogP contribution in [0.3, 0.4) is 0 Å². The topological polar surface area (TPSA) is 36.0 Å². The monoisotopic (exact) mass is 197 g/mol. The zero-order valence-corrected chi connectivity index (χ0v) is 7.51. The lowest BCUT2D eigenvalue weighted by molar-refractivity contribution is 0.0191.